The lowest BCUT2D eigenvalue weighted by Crippen LogP contribution is -2.37. The average molecular weight is 455 g/mol. The number of amides is 1. The van der Waals surface area contributed by atoms with E-state index in [0.29, 0.717) is 11.6 Å². The van der Waals surface area contributed by atoms with Crippen molar-refractivity contribution < 1.29 is 4.79 Å². The summed E-state index contributed by atoms with van der Waals surface area (Å²) in [5.41, 5.74) is 2.11. The molecule has 5 nitrogen and oxygen atoms in total. The molecule has 0 bridgehead atoms. The molecule has 4 rings (SSSR count). The number of likely N-dealkylation sites (tertiary alicyclic amines) is 1. The van der Waals surface area contributed by atoms with Crippen LogP contribution in [-0.2, 0) is 11.3 Å². The van der Waals surface area contributed by atoms with Gasteiger partial charge in [0.05, 0.1) is 11.8 Å². The summed E-state index contributed by atoms with van der Waals surface area (Å²) in [5, 5.41) is 10.2. The van der Waals surface area contributed by atoms with Crippen molar-refractivity contribution in [1.29, 1.82) is 0 Å². The van der Waals surface area contributed by atoms with Gasteiger partial charge in [-0.25, -0.2) is 0 Å². The lowest BCUT2D eigenvalue weighted by atomic mass is 10.2. The van der Waals surface area contributed by atoms with Crippen LogP contribution in [0.3, 0.4) is 0 Å². The molecule has 3 aromatic rings. The van der Waals surface area contributed by atoms with E-state index in [1.54, 1.807) is 0 Å². The molecule has 1 atom stereocenters. The standard InChI is InChI=1S/C24H27ClN4OS/c1-18(23(30)28-15-7-2-3-8-16-28)31-24-27-26-22(20-11-13-21(25)14-12-20)29(24)17-19-9-5-4-6-10-19/h4-6,9-14,18H,2-3,7-8,15-17H2,1H3. The topological polar surface area (TPSA) is 51.0 Å². The van der Waals surface area contributed by atoms with E-state index in [-0.39, 0.29) is 11.2 Å². The number of carbonyl (C=O) groups is 1. The van der Waals surface area contributed by atoms with Gasteiger partial charge in [-0.2, -0.15) is 0 Å². The lowest BCUT2D eigenvalue weighted by molar-refractivity contribution is -0.130. The largest absolute Gasteiger partial charge is 0.342 e. The van der Waals surface area contributed by atoms with Crippen molar-refractivity contribution in [3.8, 4) is 11.4 Å². The van der Waals surface area contributed by atoms with Gasteiger partial charge in [-0.15, -0.1) is 10.2 Å². The van der Waals surface area contributed by atoms with Crippen LogP contribution in [0.4, 0.5) is 0 Å². The second-order valence-corrected chi connectivity index (χ2v) is 9.63. The Labute approximate surface area is 192 Å². The Morgan fingerprint density at radius 2 is 1.68 bits per heavy atom. The van der Waals surface area contributed by atoms with Crippen LogP contribution in [0.25, 0.3) is 11.4 Å². The maximum absolute atomic E-state index is 13.1. The first kappa shape index (κ1) is 21.9. The molecule has 2 heterocycles. The van der Waals surface area contributed by atoms with E-state index in [1.807, 2.05) is 54.3 Å². The van der Waals surface area contributed by atoms with Gasteiger partial charge in [0, 0.05) is 23.7 Å². The van der Waals surface area contributed by atoms with Crippen molar-refractivity contribution in [2.75, 3.05) is 13.1 Å². The average Bonchev–Trinajstić information content (AvgIpc) is 2.99. The minimum Gasteiger partial charge on any atom is -0.342 e. The molecule has 1 aliphatic rings. The maximum atomic E-state index is 13.1. The second-order valence-electron chi connectivity index (χ2n) is 7.88. The molecule has 0 radical (unpaired) electrons. The fourth-order valence-corrected chi connectivity index (χ4v) is 4.91. The van der Waals surface area contributed by atoms with Crippen LogP contribution in [0.1, 0.15) is 38.2 Å². The summed E-state index contributed by atoms with van der Waals surface area (Å²) in [6, 6.07) is 17.9. The summed E-state index contributed by atoms with van der Waals surface area (Å²) >= 11 is 7.56. The Hall–Kier alpha value is -2.31. The van der Waals surface area contributed by atoms with Crippen LogP contribution < -0.4 is 0 Å². The van der Waals surface area contributed by atoms with Crippen LogP contribution in [0, 0.1) is 0 Å². The molecule has 0 spiro atoms. The van der Waals surface area contributed by atoms with Crippen LogP contribution in [0.2, 0.25) is 5.02 Å². The minimum atomic E-state index is -0.213. The molecule has 1 fully saturated rings. The van der Waals surface area contributed by atoms with Crippen LogP contribution in [0.5, 0.6) is 0 Å². The Balaban J connectivity index is 1.60. The Morgan fingerprint density at radius 1 is 1.00 bits per heavy atom. The minimum absolute atomic E-state index is 0.189. The highest BCUT2D eigenvalue weighted by molar-refractivity contribution is 8.00. The summed E-state index contributed by atoms with van der Waals surface area (Å²) in [7, 11) is 0. The number of carbonyl (C=O) groups excluding carboxylic acids is 1. The zero-order valence-electron chi connectivity index (χ0n) is 17.7. The van der Waals surface area contributed by atoms with Gasteiger partial charge in [0.2, 0.25) is 5.91 Å². The molecule has 31 heavy (non-hydrogen) atoms. The summed E-state index contributed by atoms with van der Waals surface area (Å²) < 4.78 is 2.09. The molecule has 0 N–H and O–H groups in total. The van der Waals surface area contributed by atoms with Crippen molar-refractivity contribution >= 4 is 29.3 Å². The third-order valence-electron chi connectivity index (χ3n) is 5.55. The number of benzene rings is 2. The second kappa shape index (κ2) is 10.3. The molecule has 1 saturated heterocycles. The third-order valence-corrected chi connectivity index (χ3v) is 6.87. The predicted octanol–water partition coefficient (Wildman–Crippen LogP) is 5.53. The van der Waals surface area contributed by atoms with E-state index in [0.717, 1.165) is 48.0 Å². The van der Waals surface area contributed by atoms with Crippen molar-refractivity contribution in [1.82, 2.24) is 19.7 Å². The zero-order chi connectivity index (χ0) is 21.6. The molecule has 1 unspecified atom stereocenters. The monoisotopic (exact) mass is 454 g/mol. The van der Waals surface area contributed by atoms with Crippen LogP contribution in [0.15, 0.2) is 59.8 Å². The summed E-state index contributed by atoms with van der Waals surface area (Å²) in [6.45, 7) is 4.33. The Morgan fingerprint density at radius 3 is 2.35 bits per heavy atom. The van der Waals surface area contributed by atoms with Gasteiger partial charge in [0.15, 0.2) is 11.0 Å². The van der Waals surface area contributed by atoms with E-state index in [2.05, 4.69) is 26.9 Å². The SMILES string of the molecule is CC(Sc1nnc(-c2ccc(Cl)cc2)n1Cc1ccccc1)C(=O)N1CCCCCC1. The van der Waals surface area contributed by atoms with Gasteiger partial charge in [-0.1, -0.05) is 66.5 Å². The molecule has 1 aliphatic heterocycles. The number of nitrogens with zero attached hydrogens (tertiary/aromatic N) is 4. The number of halogens is 1. The third kappa shape index (κ3) is 5.49. The van der Waals surface area contributed by atoms with Gasteiger partial charge in [0.1, 0.15) is 0 Å². The molecule has 162 valence electrons. The summed E-state index contributed by atoms with van der Waals surface area (Å²) in [5.74, 6) is 0.964. The van der Waals surface area contributed by atoms with E-state index in [4.69, 9.17) is 11.6 Å². The molecule has 2 aromatic carbocycles. The highest BCUT2D eigenvalue weighted by atomic mass is 35.5. The van der Waals surface area contributed by atoms with Gasteiger partial charge in [0.25, 0.3) is 0 Å². The number of hydrogen-bond donors (Lipinski definition) is 0. The number of rotatable bonds is 6. The molecule has 1 aromatic heterocycles. The van der Waals surface area contributed by atoms with E-state index in [1.165, 1.54) is 24.6 Å². The van der Waals surface area contributed by atoms with Gasteiger partial charge >= 0.3 is 0 Å². The molecule has 0 aliphatic carbocycles. The molecular formula is C24H27ClN4OS. The summed E-state index contributed by atoms with van der Waals surface area (Å²) in [6.07, 6.45) is 4.60. The number of aromatic nitrogens is 3. The van der Waals surface area contributed by atoms with E-state index < -0.39 is 0 Å². The quantitative estimate of drug-likeness (QED) is 0.459. The van der Waals surface area contributed by atoms with E-state index >= 15 is 0 Å². The highest BCUT2D eigenvalue weighted by Gasteiger charge is 2.25. The number of hydrogen-bond acceptors (Lipinski definition) is 4. The Kier molecular flexibility index (Phi) is 7.30. The van der Waals surface area contributed by atoms with Crippen LogP contribution >= 0.6 is 23.4 Å². The van der Waals surface area contributed by atoms with Crippen molar-refractivity contribution in [2.45, 2.75) is 49.6 Å². The first-order valence-electron chi connectivity index (χ1n) is 10.8. The lowest BCUT2D eigenvalue weighted by Gasteiger charge is -2.23. The van der Waals surface area contributed by atoms with Crippen molar-refractivity contribution in [3.05, 3.63) is 65.2 Å². The molecule has 0 saturated carbocycles. The highest BCUT2D eigenvalue weighted by Crippen LogP contribution is 2.29. The Bertz CT molecular complexity index is 998. The molecular weight excluding hydrogens is 428 g/mol. The van der Waals surface area contributed by atoms with E-state index in [9.17, 15) is 4.79 Å². The zero-order valence-corrected chi connectivity index (χ0v) is 19.3. The normalized spacial score (nSPS) is 15.5. The number of thioether (sulfide) groups is 1. The van der Waals surface area contributed by atoms with Gasteiger partial charge < -0.3 is 4.90 Å². The smallest absolute Gasteiger partial charge is 0.235 e. The predicted molar refractivity (Wildman–Crippen MR) is 126 cm³/mol. The first-order chi connectivity index (χ1) is 15.1. The maximum Gasteiger partial charge on any atom is 0.235 e. The van der Waals surface area contributed by atoms with Crippen molar-refractivity contribution in [2.24, 2.45) is 0 Å². The fourth-order valence-electron chi connectivity index (χ4n) is 3.85. The molecule has 7 heteroatoms. The molecule has 1 amide bonds. The van der Waals surface area contributed by atoms with Gasteiger partial charge in [-0.3, -0.25) is 9.36 Å². The fraction of sp³-hybridized carbons (Fsp3) is 0.375. The van der Waals surface area contributed by atoms with Gasteiger partial charge in [-0.05, 0) is 49.6 Å². The van der Waals surface area contributed by atoms with Crippen molar-refractivity contribution in [3.63, 3.8) is 0 Å². The first-order valence-corrected chi connectivity index (χ1v) is 12.1. The van der Waals surface area contributed by atoms with Crippen LogP contribution in [-0.4, -0.2) is 43.9 Å². The summed E-state index contributed by atoms with van der Waals surface area (Å²) in [4.78, 5) is 15.1.